The number of benzene rings is 3. The molecule has 4 rings (SSSR count). The van der Waals surface area contributed by atoms with Gasteiger partial charge in [-0.2, -0.15) is 0 Å². The third kappa shape index (κ3) is 7.93. The van der Waals surface area contributed by atoms with E-state index in [9.17, 15) is 18.0 Å². The van der Waals surface area contributed by atoms with Crippen molar-refractivity contribution in [3.63, 3.8) is 0 Å². The summed E-state index contributed by atoms with van der Waals surface area (Å²) in [7, 11) is -4.22. The molecule has 0 radical (unpaired) electrons. The summed E-state index contributed by atoms with van der Waals surface area (Å²) in [6.07, 6.45) is 0.288. The number of anilines is 1. The molecule has 2 amide bonds. The van der Waals surface area contributed by atoms with E-state index in [1.165, 1.54) is 23.1 Å². The lowest BCUT2D eigenvalue weighted by Crippen LogP contribution is -2.52. The fraction of sp³-hybridized carbons (Fsp3) is 0.355. The van der Waals surface area contributed by atoms with Gasteiger partial charge in [-0.25, -0.2) is 8.42 Å². The number of nitrogens with one attached hydrogen (secondary N) is 1. The Hall–Kier alpha value is -3.47. The molecule has 9 nitrogen and oxygen atoms in total. The zero-order valence-corrected chi connectivity index (χ0v) is 26.6. The highest BCUT2D eigenvalue weighted by Gasteiger charge is 2.34. The van der Waals surface area contributed by atoms with Crippen molar-refractivity contribution >= 4 is 50.7 Å². The highest BCUT2D eigenvalue weighted by molar-refractivity contribution is 7.92. The largest absolute Gasteiger partial charge is 0.486 e. The lowest BCUT2D eigenvalue weighted by atomic mass is 10.1. The number of rotatable bonds is 12. The Bertz CT molecular complexity index is 1550. The summed E-state index contributed by atoms with van der Waals surface area (Å²) in [6, 6.07) is 16.6. The molecule has 1 aliphatic heterocycles. The number of carbonyl (C=O) groups excluding carboxylic acids is 2. The Kier molecular flexibility index (Phi) is 10.8. The predicted octanol–water partition coefficient (Wildman–Crippen LogP) is 5.54. The summed E-state index contributed by atoms with van der Waals surface area (Å²) in [6.45, 7) is 6.21. The fourth-order valence-corrected chi connectivity index (χ4v) is 6.51. The molecule has 0 fully saturated rings. The van der Waals surface area contributed by atoms with E-state index in [4.69, 9.17) is 32.7 Å². The van der Waals surface area contributed by atoms with E-state index < -0.39 is 28.5 Å². The van der Waals surface area contributed by atoms with E-state index in [-0.39, 0.29) is 35.4 Å². The highest BCUT2D eigenvalue weighted by Crippen LogP contribution is 2.36. The molecule has 0 aromatic heterocycles. The first kappa shape index (κ1) is 32.4. The van der Waals surface area contributed by atoms with Crippen LogP contribution < -0.4 is 19.1 Å². The molecule has 0 bridgehead atoms. The summed E-state index contributed by atoms with van der Waals surface area (Å²) in [5, 5.41) is 3.65. The van der Waals surface area contributed by atoms with Gasteiger partial charge in [-0.1, -0.05) is 68.2 Å². The first-order valence-corrected chi connectivity index (χ1v) is 16.2. The van der Waals surface area contributed by atoms with E-state index in [2.05, 4.69) is 5.32 Å². The monoisotopic (exact) mass is 647 g/mol. The number of fused-ring (bicyclic) bond motifs is 1. The molecule has 0 saturated heterocycles. The highest BCUT2D eigenvalue weighted by atomic mass is 35.5. The molecule has 0 spiro atoms. The number of sulfonamides is 1. The molecule has 1 N–H and O–H groups in total. The Morgan fingerprint density at radius 3 is 2.30 bits per heavy atom. The number of ether oxygens (including phenoxy) is 2. The summed E-state index contributed by atoms with van der Waals surface area (Å²) >= 11 is 12.6. The molecule has 43 heavy (non-hydrogen) atoms. The minimum absolute atomic E-state index is 0.00621. The topological polar surface area (TPSA) is 105 Å². The molecular formula is C31H35Cl2N3O6S. The van der Waals surface area contributed by atoms with E-state index in [0.29, 0.717) is 46.9 Å². The van der Waals surface area contributed by atoms with Crippen molar-refractivity contribution < 1.29 is 27.5 Å². The van der Waals surface area contributed by atoms with Crippen molar-refractivity contribution in [3.8, 4) is 11.5 Å². The Morgan fingerprint density at radius 2 is 1.65 bits per heavy atom. The van der Waals surface area contributed by atoms with Crippen LogP contribution in [0.25, 0.3) is 0 Å². The van der Waals surface area contributed by atoms with Crippen LogP contribution >= 0.6 is 23.2 Å². The normalized spacial score (nSPS) is 13.3. The molecule has 1 atom stereocenters. The van der Waals surface area contributed by atoms with Crippen molar-refractivity contribution in [2.75, 3.05) is 30.6 Å². The summed E-state index contributed by atoms with van der Waals surface area (Å²) in [4.78, 5) is 29.0. The van der Waals surface area contributed by atoms with Gasteiger partial charge in [-0.05, 0) is 54.3 Å². The van der Waals surface area contributed by atoms with E-state index in [1.807, 2.05) is 13.8 Å². The second-order valence-electron chi connectivity index (χ2n) is 10.5. The van der Waals surface area contributed by atoms with Gasteiger partial charge in [0.15, 0.2) is 11.5 Å². The lowest BCUT2D eigenvalue weighted by Gasteiger charge is -2.33. The maximum atomic E-state index is 14.2. The Labute approximate surface area is 262 Å². The second-order valence-corrected chi connectivity index (χ2v) is 13.2. The minimum atomic E-state index is -4.22. The van der Waals surface area contributed by atoms with Crippen molar-refractivity contribution in [1.82, 2.24) is 10.2 Å². The maximum absolute atomic E-state index is 14.2. The zero-order valence-electron chi connectivity index (χ0n) is 24.3. The smallest absolute Gasteiger partial charge is 0.264 e. The van der Waals surface area contributed by atoms with Gasteiger partial charge in [-0.15, -0.1) is 0 Å². The molecule has 0 saturated carbocycles. The average Bonchev–Trinajstić information content (AvgIpc) is 2.99. The van der Waals surface area contributed by atoms with Gasteiger partial charge in [0, 0.05) is 29.2 Å². The van der Waals surface area contributed by atoms with Crippen LogP contribution in [0.3, 0.4) is 0 Å². The van der Waals surface area contributed by atoms with E-state index in [0.717, 1.165) is 4.31 Å². The van der Waals surface area contributed by atoms with Crippen LogP contribution in [0.1, 0.15) is 32.8 Å². The molecule has 1 aliphatic rings. The van der Waals surface area contributed by atoms with Crippen molar-refractivity contribution in [2.24, 2.45) is 5.92 Å². The fourth-order valence-electron chi connectivity index (χ4n) is 4.61. The quantitative estimate of drug-likeness (QED) is 0.277. The van der Waals surface area contributed by atoms with Crippen LogP contribution in [-0.4, -0.2) is 57.5 Å². The summed E-state index contributed by atoms with van der Waals surface area (Å²) in [5.41, 5.74) is 0.773. The summed E-state index contributed by atoms with van der Waals surface area (Å²) in [5.74, 6) is 0.107. The molecule has 3 aromatic carbocycles. The molecule has 3 aromatic rings. The first-order valence-electron chi connectivity index (χ1n) is 14.0. The third-order valence-electron chi connectivity index (χ3n) is 6.85. The maximum Gasteiger partial charge on any atom is 0.264 e. The van der Waals surface area contributed by atoms with Crippen LogP contribution in [0, 0.1) is 5.92 Å². The molecule has 1 unspecified atom stereocenters. The van der Waals surface area contributed by atoms with Crippen LogP contribution in [0.15, 0.2) is 71.6 Å². The van der Waals surface area contributed by atoms with Crippen molar-refractivity contribution in [3.05, 3.63) is 82.3 Å². The van der Waals surface area contributed by atoms with Gasteiger partial charge in [-0.3, -0.25) is 13.9 Å². The molecule has 230 valence electrons. The number of hydrogen-bond donors (Lipinski definition) is 1. The zero-order chi connectivity index (χ0) is 31.1. The van der Waals surface area contributed by atoms with Crippen molar-refractivity contribution in [2.45, 2.75) is 44.7 Å². The second kappa shape index (κ2) is 14.3. The van der Waals surface area contributed by atoms with Crippen LogP contribution in [0.5, 0.6) is 11.5 Å². The van der Waals surface area contributed by atoms with Gasteiger partial charge in [0.25, 0.3) is 10.0 Å². The van der Waals surface area contributed by atoms with Gasteiger partial charge in [0.1, 0.15) is 25.8 Å². The predicted molar refractivity (Wildman–Crippen MR) is 167 cm³/mol. The number of carbonyl (C=O) groups is 2. The summed E-state index contributed by atoms with van der Waals surface area (Å²) < 4.78 is 40.4. The molecule has 0 aliphatic carbocycles. The van der Waals surface area contributed by atoms with Crippen LogP contribution in [0.2, 0.25) is 10.0 Å². The van der Waals surface area contributed by atoms with E-state index >= 15 is 0 Å². The molecule has 12 heteroatoms. The number of amides is 2. The number of halogens is 2. The van der Waals surface area contributed by atoms with Crippen LogP contribution in [-0.2, 0) is 26.2 Å². The van der Waals surface area contributed by atoms with E-state index in [1.54, 1.807) is 55.5 Å². The van der Waals surface area contributed by atoms with Gasteiger partial charge < -0.3 is 19.7 Å². The third-order valence-corrected chi connectivity index (χ3v) is 9.23. The number of nitrogens with zero attached hydrogens (tertiary/aromatic N) is 2. The van der Waals surface area contributed by atoms with Gasteiger partial charge >= 0.3 is 0 Å². The van der Waals surface area contributed by atoms with Gasteiger partial charge in [0.2, 0.25) is 11.8 Å². The van der Waals surface area contributed by atoms with Crippen molar-refractivity contribution in [1.29, 1.82) is 0 Å². The van der Waals surface area contributed by atoms with Crippen LogP contribution in [0.4, 0.5) is 5.69 Å². The standard InChI is InChI=1S/C31H35Cl2N3O6S/c1-4-27(31(38)34-18-21(2)3)35(19-22-10-11-23(32)16-26(22)33)30(37)20-36(43(39,40)25-8-6-5-7-9-25)24-12-13-28-29(17-24)42-15-14-41-28/h5-13,16-17,21,27H,4,14-15,18-20H2,1-3H3,(H,34,38). The SMILES string of the molecule is CCC(C(=O)NCC(C)C)N(Cc1ccc(Cl)cc1Cl)C(=O)CN(c1ccc2c(c1)OCCO2)S(=O)(=O)c1ccccc1. The van der Waals surface area contributed by atoms with Gasteiger partial charge in [0.05, 0.1) is 10.6 Å². The Balaban J connectivity index is 1.76. The average molecular weight is 649 g/mol. The first-order chi connectivity index (χ1) is 20.5. The molecule has 1 heterocycles. The minimum Gasteiger partial charge on any atom is -0.486 e. The number of hydrogen-bond acceptors (Lipinski definition) is 6. The lowest BCUT2D eigenvalue weighted by molar-refractivity contribution is -0.140. The molecular weight excluding hydrogens is 613 g/mol. The Morgan fingerprint density at radius 1 is 0.953 bits per heavy atom.